The van der Waals surface area contributed by atoms with Crippen LogP contribution in [0.5, 0.6) is 6.01 Å². The molecule has 4 rings (SSSR count). The molecule has 0 radical (unpaired) electrons. The average Bonchev–Trinajstić information content (AvgIpc) is 3.61. The summed E-state index contributed by atoms with van der Waals surface area (Å²) >= 11 is 0. The van der Waals surface area contributed by atoms with Crippen molar-refractivity contribution in [3.63, 3.8) is 0 Å². The van der Waals surface area contributed by atoms with Gasteiger partial charge in [-0.1, -0.05) is 33.8 Å². The third-order valence-electron chi connectivity index (χ3n) is 8.71. The second-order valence-corrected chi connectivity index (χ2v) is 14.0. The molecule has 15 heteroatoms. The number of nitrogens with zero attached hydrogens (tertiary/aromatic N) is 4. The van der Waals surface area contributed by atoms with Crippen molar-refractivity contribution in [2.45, 2.75) is 92.4 Å². The van der Waals surface area contributed by atoms with E-state index < -0.39 is 58.1 Å². The molecule has 2 atom stereocenters. The molecule has 280 valence electrons. The maximum Gasteiger partial charge on any atom is 0.418 e. The number of allylic oxidation sites excluding steroid dienone is 1. The van der Waals surface area contributed by atoms with Crippen LogP contribution in [0.2, 0.25) is 0 Å². The Morgan fingerprint density at radius 3 is 2.32 bits per heavy atom. The Balaban J connectivity index is 0.00000217. The molecule has 0 spiro atoms. The largest absolute Gasteiger partial charge is 0.494 e. The van der Waals surface area contributed by atoms with Gasteiger partial charge in [-0.2, -0.15) is 23.1 Å². The van der Waals surface area contributed by atoms with Gasteiger partial charge in [0.1, 0.15) is 22.7 Å². The van der Waals surface area contributed by atoms with Gasteiger partial charge in [0.05, 0.1) is 35.7 Å². The van der Waals surface area contributed by atoms with E-state index in [1.165, 1.54) is 11.3 Å². The van der Waals surface area contributed by atoms with Crippen LogP contribution in [0.15, 0.2) is 12.6 Å². The van der Waals surface area contributed by atoms with E-state index in [-0.39, 0.29) is 46.7 Å². The Kier molecular flexibility index (Phi) is 13.6. The molecule has 50 heavy (non-hydrogen) atoms. The van der Waals surface area contributed by atoms with Crippen molar-refractivity contribution in [1.82, 2.24) is 25.2 Å². The molecule has 3 heterocycles. The van der Waals surface area contributed by atoms with Gasteiger partial charge in [0.15, 0.2) is 5.83 Å². The molecule has 9 nitrogen and oxygen atoms in total. The number of nitrogens with one attached hydrogen (secondary N) is 1. The first-order valence-electron chi connectivity index (χ1n) is 16.8. The molecule has 1 aliphatic carbocycles. The number of nitrogen functional groups attached to an aromatic ring is 2. The van der Waals surface area contributed by atoms with Crippen molar-refractivity contribution in [2.24, 2.45) is 10.8 Å². The van der Waals surface area contributed by atoms with Crippen LogP contribution in [0, 0.1) is 17.8 Å². The number of pyridine rings is 1. The first-order chi connectivity index (χ1) is 23.2. The second kappa shape index (κ2) is 16.6. The fraction of sp³-hybridized carbons (Fsp3) is 0.629. The lowest BCUT2D eigenvalue weighted by atomic mass is 9.84. The van der Waals surface area contributed by atoms with E-state index in [0.29, 0.717) is 25.8 Å². The number of nitrogens with two attached hydrogens (primary N) is 2. The van der Waals surface area contributed by atoms with E-state index in [0.717, 1.165) is 32.5 Å². The zero-order chi connectivity index (χ0) is 37.6. The summed E-state index contributed by atoms with van der Waals surface area (Å²) in [5.74, 6) is -1.56. The van der Waals surface area contributed by atoms with Crippen LogP contribution in [0.4, 0.5) is 38.0 Å². The minimum Gasteiger partial charge on any atom is -0.494 e. The number of aromatic nitrogens is 3. The summed E-state index contributed by atoms with van der Waals surface area (Å²) in [7, 11) is 1.58. The number of halogens is 6. The van der Waals surface area contributed by atoms with E-state index in [2.05, 4.69) is 47.6 Å². The topological polar surface area (TPSA) is 124 Å². The summed E-state index contributed by atoms with van der Waals surface area (Å²) in [5, 5.41) is 2.79. The van der Waals surface area contributed by atoms with E-state index in [4.69, 9.17) is 20.9 Å². The monoisotopic (exact) mass is 715 g/mol. The van der Waals surface area contributed by atoms with Crippen LogP contribution < -0.4 is 32.1 Å². The summed E-state index contributed by atoms with van der Waals surface area (Å²) in [5.41, 5.74) is 8.74. The van der Waals surface area contributed by atoms with E-state index >= 15 is 4.39 Å². The molecular formula is C35H51F6N7O2. The van der Waals surface area contributed by atoms with Gasteiger partial charge in [-0.15, -0.1) is 0 Å². The Hall–Kier alpha value is -3.59. The highest BCUT2D eigenvalue weighted by Gasteiger charge is 2.45. The maximum absolute atomic E-state index is 16.6. The SMILES string of the molecule is C=C(/C(F)=c1/nc(OCC2(CN(C)CC(F)F)CC2)nc(N)/c1=C(/C)OC(C)CC1(C)CCNC1)c1cc(N)nc(C)c1C(F)(F)F.CCC. The van der Waals surface area contributed by atoms with Gasteiger partial charge >= 0.3 is 12.2 Å². The van der Waals surface area contributed by atoms with Gasteiger partial charge in [-0.3, -0.25) is 0 Å². The number of aryl methyl sites for hydroxylation is 1. The van der Waals surface area contributed by atoms with Crippen molar-refractivity contribution in [2.75, 3.05) is 51.3 Å². The number of ether oxygens (including phenoxy) is 2. The molecule has 2 aromatic rings. The Labute approximate surface area is 290 Å². The van der Waals surface area contributed by atoms with Crippen molar-refractivity contribution < 1.29 is 35.8 Å². The number of alkyl halides is 5. The van der Waals surface area contributed by atoms with Crippen LogP contribution in [-0.4, -0.2) is 72.2 Å². The number of anilines is 2. The molecule has 2 aromatic heterocycles. The van der Waals surface area contributed by atoms with Gasteiger partial charge in [0, 0.05) is 29.6 Å². The fourth-order valence-corrected chi connectivity index (χ4v) is 6.34. The lowest BCUT2D eigenvalue weighted by Gasteiger charge is -2.27. The van der Waals surface area contributed by atoms with E-state index in [1.807, 2.05) is 6.92 Å². The molecule has 1 saturated heterocycles. The lowest BCUT2D eigenvalue weighted by Crippen LogP contribution is -2.38. The first kappa shape index (κ1) is 40.8. The highest BCUT2D eigenvalue weighted by molar-refractivity contribution is 5.94. The highest BCUT2D eigenvalue weighted by Crippen LogP contribution is 2.46. The van der Waals surface area contributed by atoms with Crippen LogP contribution in [0.3, 0.4) is 0 Å². The number of rotatable bonds is 13. The fourth-order valence-electron chi connectivity index (χ4n) is 6.34. The van der Waals surface area contributed by atoms with Crippen molar-refractivity contribution >= 4 is 28.8 Å². The highest BCUT2D eigenvalue weighted by atomic mass is 19.4. The lowest BCUT2D eigenvalue weighted by molar-refractivity contribution is -0.138. The first-order valence-corrected chi connectivity index (χ1v) is 16.8. The summed E-state index contributed by atoms with van der Waals surface area (Å²) in [6, 6.07) is 0.566. The van der Waals surface area contributed by atoms with Crippen LogP contribution in [0.1, 0.15) is 83.5 Å². The Morgan fingerprint density at radius 2 is 1.78 bits per heavy atom. The third kappa shape index (κ3) is 10.7. The Bertz CT molecular complexity index is 1620. The molecular weight excluding hydrogens is 664 g/mol. The summed E-state index contributed by atoms with van der Waals surface area (Å²) in [6.07, 6.45) is -3.47. The van der Waals surface area contributed by atoms with Crippen molar-refractivity contribution in [1.29, 1.82) is 0 Å². The zero-order valence-corrected chi connectivity index (χ0v) is 30.0. The average molecular weight is 716 g/mol. The second-order valence-electron chi connectivity index (χ2n) is 14.0. The summed E-state index contributed by atoms with van der Waals surface area (Å²) < 4.78 is 96.7. The smallest absolute Gasteiger partial charge is 0.418 e. The predicted molar refractivity (Wildman–Crippen MR) is 184 cm³/mol. The van der Waals surface area contributed by atoms with E-state index in [1.54, 1.807) is 14.0 Å². The van der Waals surface area contributed by atoms with Gasteiger partial charge in [-0.05, 0) is 71.5 Å². The van der Waals surface area contributed by atoms with Crippen LogP contribution in [-0.2, 0) is 10.9 Å². The molecule has 0 aromatic carbocycles. The van der Waals surface area contributed by atoms with Gasteiger partial charge < -0.3 is 31.2 Å². The third-order valence-corrected chi connectivity index (χ3v) is 8.71. The normalized spacial score (nSPS) is 20.2. The van der Waals surface area contributed by atoms with Crippen molar-refractivity contribution in [3.8, 4) is 6.01 Å². The summed E-state index contributed by atoms with van der Waals surface area (Å²) in [4.78, 5) is 13.7. The zero-order valence-electron chi connectivity index (χ0n) is 30.0. The molecule has 2 aliphatic rings. The van der Waals surface area contributed by atoms with Gasteiger partial charge in [0.25, 0.3) is 6.43 Å². The molecule has 2 fully saturated rings. The van der Waals surface area contributed by atoms with E-state index in [9.17, 15) is 22.0 Å². The van der Waals surface area contributed by atoms with Crippen LogP contribution in [0.25, 0.3) is 17.2 Å². The molecule has 0 amide bonds. The van der Waals surface area contributed by atoms with Crippen molar-refractivity contribution in [3.05, 3.63) is 40.0 Å². The molecule has 2 unspecified atom stereocenters. The molecule has 1 saturated carbocycles. The minimum absolute atomic E-state index is 0.0246. The maximum atomic E-state index is 16.6. The number of hydrogen-bond acceptors (Lipinski definition) is 9. The standard InChI is InChI=1S/C32H43F6N7O2.C3H8/c1-17(12-30(5)9-10-41-14-30)47-20(4)24-27(26(35)18(2)21-11-23(39)42-19(3)25(21)32(36,37)38)43-29(44-28(24)40)46-16-31(7-8-31)15-45(6)13-22(33)34;1-3-2/h11,17,22,41H,2,7-10,12-16H2,1,3-6H3,(H2,39,42)(H2,40,43,44);3H2,1-2H3/b24-20-,27-26-;. The van der Waals surface area contributed by atoms with Gasteiger partial charge in [0.2, 0.25) is 0 Å². The molecule has 5 N–H and O–H groups in total. The quantitative estimate of drug-likeness (QED) is 0.219. The molecule has 1 aliphatic heterocycles. The van der Waals surface area contributed by atoms with Gasteiger partial charge in [-0.25, -0.2) is 18.2 Å². The Morgan fingerprint density at radius 1 is 1.14 bits per heavy atom. The van der Waals surface area contributed by atoms with Crippen LogP contribution >= 0.6 is 0 Å². The predicted octanol–water partition coefficient (Wildman–Crippen LogP) is 5.85. The molecule has 0 bridgehead atoms. The number of hydrogen-bond donors (Lipinski definition) is 3. The minimum atomic E-state index is -4.90. The summed E-state index contributed by atoms with van der Waals surface area (Å²) in [6.45, 7) is 16.2.